The maximum atomic E-state index is 3.99. The first-order valence-corrected chi connectivity index (χ1v) is 5.35. The lowest BCUT2D eigenvalue weighted by Gasteiger charge is -2.05. The Hall–Kier alpha value is -1.67. The second-order valence-corrected chi connectivity index (χ2v) is 3.78. The van der Waals surface area contributed by atoms with E-state index in [4.69, 9.17) is 0 Å². The third kappa shape index (κ3) is 3.17. The molecule has 1 aromatic heterocycles. The van der Waals surface area contributed by atoms with Crippen molar-refractivity contribution in [3.05, 3.63) is 72.4 Å². The molecule has 2 heteroatoms. The predicted molar refractivity (Wildman–Crippen MR) is 65.7 cm³/mol. The standard InChI is InChI=1S/C14H15N2/c1-12-2-4-13(5-3-12)10-16-11-14-6-8-15-9-7-14/h2-9,16H,1,10-11H2. The van der Waals surface area contributed by atoms with Crippen LogP contribution in [0.2, 0.25) is 0 Å². The minimum atomic E-state index is 0.870. The maximum absolute atomic E-state index is 3.99. The first-order valence-electron chi connectivity index (χ1n) is 5.35. The molecule has 2 nitrogen and oxygen atoms in total. The molecule has 1 aromatic carbocycles. The molecule has 2 rings (SSSR count). The normalized spacial score (nSPS) is 10.3. The number of aromatic nitrogens is 1. The van der Waals surface area contributed by atoms with Gasteiger partial charge in [0.15, 0.2) is 0 Å². The van der Waals surface area contributed by atoms with Gasteiger partial charge in [-0.2, -0.15) is 0 Å². The van der Waals surface area contributed by atoms with Crippen LogP contribution in [0, 0.1) is 6.92 Å². The van der Waals surface area contributed by atoms with Gasteiger partial charge in [-0.25, -0.2) is 0 Å². The Morgan fingerprint density at radius 2 is 1.44 bits per heavy atom. The quantitative estimate of drug-likeness (QED) is 0.840. The Kier molecular flexibility index (Phi) is 3.67. The van der Waals surface area contributed by atoms with Crippen LogP contribution in [0.25, 0.3) is 0 Å². The first-order chi connectivity index (χ1) is 7.84. The van der Waals surface area contributed by atoms with E-state index in [1.807, 2.05) is 36.7 Å². The van der Waals surface area contributed by atoms with Crippen molar-refractivity contribution in [1.29, 1.82) is 0 Å². The molecule has 0 unspecified atom stereocenters. The van der Waals surface area contributed by atoms with E-state index in [2.05, 4.69) is 29.4 Å². The third-order valence-corrected chi connectivity index (χ3v) is 2.43. The summed E-state index contributed by atoms with van der Waals surface area (Å²) >= 11 is 0. The van der Waals surface area contributed by atoms with Crippen LogP contribution in [0.4, 0.5) is 0 Å². The SMILES string of the molecule is [CH2]c1ccc(CNCc2ccncc2)cc1. The minimum Gasteiger partial charge on any atom is -0.309 e. The van der Waals surface area contributed by atoms with E-state index in [1.165, 1.54) is 11.1 Å². The molecule has 0 saturated carbocycles. The Balaban J connectivity index is 1.82. The van der Waals surface area contributed by atoms with Crippen LogP contribution in [0.1, 0.15) is 16.7 Å². The van der Waals surface area contributed by atoms with Crippen molar-refractivity contribution in [3.63, 3.8) is 0 Å². The van der Waals surface area contributed by atoms with E-state index in [1.54, 1.807) is 0 Å². The highest BCUT2D eigenvalue weighted by Gasteiger charge is 1.93. The molecule has 0 spiro atoms. The van der Waals surface area contributed by atoms with Crippen molar-refractivity contribution in [1.82, 2.24) is 10.3 Å². The van der Waals surface area contributed by atoms with Gasteiger partial charge in [0, 0.05) is 25.5 Å². The van der Waals surface area contributed by atoms with Crippen LogP contribution in [0.15, 0.2) is 48.8 Å². The fraction of sp³-hybridized carbons (Fsp3) is 0.143. The number of rotatable bonds is 4. The molecule has 2 aromatic rings. The van der Waals surface area contributed by atoms with Crippen molar-refractivity contribution in [2.24, 2.45) is 0 Å². The summed E-state index contributed by atoms with van der Waals surface area (Å²) in [5, 5.41) is 3.39. The molecule has 0 atom stereocenters. The molecule has 0 fully saturated rings. The number of hydrogen-bond donors (Lipinski definition) is 1. The summed E-state index contributed by atoms with van der Waals surface area (Å²) in [6, 6.07) is 12.3. The van der Waals surface area contributed by atoms with Crippen LogP contribution >= 0.6 is 0 Å². The number of nitrogens with one attached hydrogen (secondary N) is 1. The predicted octanol–water partition coefficient (Wildman–Crippen LogP) is 2.55. The van der Waals surface area contributed by atoms with Gasteiger partial charge in [-0.05, 0) is 35.7 Å². The molecule has 0 aliphatic rings. The maximum Gasteiger partial charge on any atom is 0.0271 e. The molecule has 81 valence electrons. The topological polar surface area (TPSA) is 24.9 Å². The van der Waals surface area contributed by atoms with Gasteiger partial charge < -0.3 is 5.32 Å². The van der Waals surface area contributed by atoms with Crippen LogP contribution < -0.4 is 5.32 Å². The van der Waals surface area contributed by atoms with Crippen molar-refractivity contribution in [2.45, 2.75) is 13.1 Å². The summed E-state index contributed by atoms with van der Waals surface area (Å²) in [7, 11) is 0. The van der Waals surface area contributed by atoms with Gasteiger partial charge in [0.1, 0.15) is 0 Å². The number of nitrogens with zero attached hydrogens (tertiary/aromatic N) is 1. The van der Waals surface area contributed by atoms with Crippen molar-refractivity contribution < 1.29 is 0 Å². The number of pyridine rings is 1. The number of benzene rings is 1. The molecule has 0 aliphatic heterocycles. The summed E-state index contributed by atoms with van der Waals surface area (Å²) in [6.07, 6.45) is 3.63. The smallest absolute Gasteiger partial charge is 0.0271 e. The Morgan fingerprint density at radius 1 is 0.875 bits per heavy atom. The van der Waals surface area contributed by atoms with Crippen LogP contribution in [-0.2, 0) is 13.1 Å². The van der Waals surface area contributed by atoms with E-state index < -0.39 is 0 Å². The summed E-state index contributed by atoms with van der Waals surface area (Å²) in [6.45, 7) is 5.61. The molecule has 1 radical (unpaired) electrons. The largest absolute Gasteiger partial charge is 0.309 e. The fourth-order valence-corrected chi connectivity index (χ4v) is 1.51. The second kappa shape index (κ2) is 5.42. The molecule has 0 saturated heterocycles. The minimum absolute atomic E-state index is 0.870. The highest BCUT2D eigenvalue weighted by molar-refractivity contribution is 5.24. The summed E-state index contributed by atoms with van der Waals surface area (Å²) in [5.74, 6) is 0. The van der Waals surface area contributed by atoms with Crippen molar-refractivity contribution >= 4 is 0 Å². The monoisotopic (exact) mass is 211 g/mol. The molecule has 0 aliphatic carbocycles. The lowest BCUT2D eigenvalue weighted by molar-refractivity contribution is 0.692. The van der Waals surface area contributed by atoms with Gasteiger partial charge in [0.05, 0.1) is 0 Å². The van der Waals surface area contributed by atoms with E-state index in [-0.39, 0.29) is 0 Å². The molecular weight excluding hydrogens is 196 g/mol. The van der Waals surface area contributed by atoms with Gasteiger partial charge >= 0.3 is 0 Å². The first kappa shape index (κ1) is 10.8. The van der Waals surface area contributed by atoms with E-state index >= 15 is 0 Å². The van der Waals surface area contributed by atoms with Gasteiger partial charge in [-0.1, -0.05) is 24.3 Å². The summed E-state index contributed by atoms with van der Waals surface area (Å²) in [4.78, 5) is 3.99. The zero-order valence-corrected chi connectivity index (χ0v) is 9.19. The fourth-order valence-electron chi connectivity index (χ4n) is 1.51. The summed E-state index contributed by atoms with van der Waals surface area (Å²) in [5.41, 5.74) is 3.59. The molecule has 0 amide bonds. The van der Waals surface area contributed by atoms with Crippen LogP contribution in [0.3, 0.4) is 0 Å². The third-order valence-electron chi connectivity index (χ3n) is 2.43. The van der Waals surface area contributed by atoms with Gasteiger partial charge in [0.2, 0.25) is 0 Å². The molecule has 1 N–H and O–H groups in total. The van der Waals surface area contributed by atoms with Gasteiger partial charge in [-0.15, -0.1) is 0 Å². The van der Waals surface area contributed by atoms with Crippen LogP contribution in [0.5, 0.6) is 0 Å². The molecular formula is C14H15N2. The van der Waals surface area contributed by atoms with E-state index in [0.29, 0.717) is 0 Å². The highest BCUT2D eigenvalue weighted by atomic mass is 14.8. The van der Waals surface area contributed by atoms with E-state index in [9.17, 15) is 0 Å². The van der Waals surface area contributed by atoms with Gasteiger partial charge in [0.25, 0.3) is 0 Å². The average molecular weight is 211 g/mol. The molecule has 1 heterocycles. The van der Waals surface area contributed by atoms with Crippen LogP contribution in [-0.4, -0.2) is 4.98 Å². The lowest BCUT2D eigenvalue weighted by Crippen LogP contribution is -2.12. The Labute approximate surface area is 96.4 Å². The zero-order chi connectivity index (χ0) is 11.2. The van der Waals surface area contributed by atoms with Crippen molar-refractivity contribution in [3.8, 4) is 0 Å². The highest BCUT2D eigenvalue weighted by Crippen LogP contribution is 2.03. The van der Waals surface area contributed by atoms with E-state index in [0.717, 1.165) is 18.7 Å². The Bertz CT molecular complexity index is 420. The Morgan fingerprint density at radius 3 is 2.06 bits per heavy atom. The van der Waals surface area contributed by atoms with Crippen molar-refractivity contribution in [2.75, 3.05) is 0 Å². The average Bonchev–Trinajstić information content (AvgIpc) is 2.33. The molecule has 16 heavy (non-hydrogen) atoms. The lowest BCUT2D eigenvalue weighted by atomic mass is 10.1. The summed E-state index contributed by atoms with van der Waals surface area (Å²) < 4.78 is 0. The number of hydrogen-bond acceptors (Lipinski definition) is 2. The zero-order valence-electron chi connectivity index (χ0n) is 9.19. The molecule has 0 bridgehead atoms. The van der Waals surface area contributed by atoms with Gasteiger partial charge in [-0.3, -0.25) is 4.98 Å². The second-order valence-electron chi connectivity index (χ2n) is 3.78.